The number of rotatable bonds is 5. The van der Waals surface area contributed by atoms with Crippen LogP contribution >= 0.6 is 19.2 Å². The number of hydrogen-bond donors (Lipinski definition) is 2. The highest BCUT2D eigenvalue weighted by atomic mass is 35.5. The van der Waals surface area contributed by atoms with Gasteiger partial charge in [0, 0.05) is 22.1 Å². The Morgan fingerprint density at radius 1 is 0.632 bits per heavy atom. The summed E-state index contributed by atoms with van der Waals surface area (Å²) in [5.41, 5.74) is 7.24. The van der Waals surface area contributed by atoms with Gasteiger partial charge < -0.3 is 9.79 Å². The van der Waals surface area contributed by atoms with E-state index < -0.39 is 7.60 Å². The average Bonchev–Trinajstić information content (AvgIpc) is 3.26. The second-order valence-electron chi connectivity index (χ2n) is 9.30. The number of benzene rings is 5. The minimum atomic E-state index is -4.61. The fourth-order valence-corrected chi connectivity index (χ4v) is 6.37. The van der Waals surface area contributed by atoms with Gasteiger partial charge in [0.25, 0.3) is 0 Å². The van der Waals surface area contributed by atoms with Gasteiger partial charge in [-0.15, -0.1) is 0 Å². The zero-order valence-corrected chi connectivity index (χ0v) is 21.7. The Morgan fingerprint density at radius 3 is 1.68 bits per heavy atom. The van der Waals surface area contributed by atoms with Crippen molar-refractivity contribution in [3.63, 3.8) is 0 Å². The van der Waals surface area contributed by atoms with Crippen molar-refractivity contribution in [3.8, 4) is 22.3 Å². The third kappa shape index (κ3) is 4.22. The van der Waals surface area contributed by atoms with Gasteiger partial charge >= 0.3 is 7.60 Å². The second kappa shape index (κ2) is 9.50. The first kappa shape index (κ1) is 24.5. The van der Waals surface area contributed by atoms with Gasteiger partial charge in [0.15, 0.2) is 5.78 Å². The second-order valence-corrected chi connectivity index (χ2v) is 11.3. The molecule has 6 rings (SSSR count). The summed E-state index contributed by atoms with van der Waals surface area (Å²) in [6.45, 7) is 0. The van der Waals surface area contributed by atoms with E-state index in [1.807, 2.05) is 66.7 Å². The average molecular weight is 537 g/mol. The molecule has 0 saturated heterocycles. The van der Waals surface area contributed by atoms with Crippen LogP contribution in [-0.4, -0.2) is 15.6 Å². The molecule has 0 fully saturated rings. The van der Waals surface area contributed by atoms with Gasteiger partial charge in [-0.1, -0.05) is 96.5 Å². The number of hydrogen-bond acceptors (Lipinski definition) is 2. The first-order valence-corrected chi connectivity index (χ1v) is 14.1. The van der Waals surface area contributed by atoms with E-state index in [1.54, 1.807) is 42.5 Å². The Hall–Kier alpha value is -3.79. The summed E-state index contributed by atoms with van der Waals surface area (Å²) < 4.78 is 12.8. The van der Waals surface area contributed by atoms with Crippen molar-refractivity contribution in [1.29, 1.82) is 0 Å². The van der Waals surface area contributed by atoms with Crippen LogP contribution in [0.1, 0.15) is 38.5 Å². The maximum Gasteiger partial charge on any atom is 0.356 e. The number of carbonyl (C=O) groups is 1. The number of ketones is 1. The van der Waals surface area contributed by atoms with Crippen LogP contribution in [0.5, 0.6) is 0 Å². The third-order valence-corrected chi connectivity index (χ3v) is 8.35. The Morgan fingerprint density at radius 2 is 1.13 bits per heavy atom. The van der Waals surface area contributed by atoms with Gasteiger partial charge in [0.1, 0.15) is 0 Å². The third-order valence-electron chi connectivity index (χ3n) is 7.08. The van der Waals surface area contributed by atoms with E-state index in [2.05, 4.69) is 0 Å². The van der Waals surface area contributed by atoms with Crippen molar-refractivity contribution in [2.75, 3.05) is 0 Å². The SMILES string of the molecule is O=C(c1ccc(Cl)cc1)c1ccc(-c2cccc(P(=O)(O)O)c2C2c3ccccc3-c3ccccc32)cc1. The molecule has 38 heavy (non-hydrogen) atoms. The molecule has 2 N–H and O–H groups in total. The van der Waals surface area contributed by atoms with Crippen molar-refractivity contribution in [3.05, 3.63) is 148 Å². The Balaban J connectivity index is 1.52. The van der Waals surface area contributed by atoms with Gasteiger partial charge in [-0.3, -0.25) is 9.36 Å². The fraction of sp³-hybridized carbons (Fsp3) is 0.0312. The van der Waals surface area contributed by atoms with E-state index >= 15 is 0 Å². The molecule has 0 amide bonds. The van der Waals surface area contributed by atoms with E-state index in [1.165, 1.54) is 6.07 Å². The molecule has 5 aromatic carbocycles. The molecule has 5 aromatic rings. The lowest BCUT2D eigenvalue weighted by Gasteiger charge is -2.23. The molecule has 0 spiro atoms. The lowest BCUT2D eigenvalue weighted by atomic mass is 9.84. The van der Waals surface area contributed by atoms with E-state index in [9.17, 15) is 19.1 Å². The van der Waals surface area contributed by atoms with E-state index in [-0.39, 0.29) is 17.0 Å². The molecule has 0 aromatic heterocycles. The summed E-state index contributed by atoms with van der Waals surface area (Å²) >= 11 is 5.96. The summed E-state index contributed by atoms with van der Waals surface area (Å²) in [7, 11) is -4.61. The molecule has 1 aliphatic rings. The molecule has 0 atom stereocenters. The van der Waals surface area contributed by atoms with Gasteiger partial charge in [0.05, 0.1) is 5.30 Å². The van der Waals surface area contributed by atoms with Crippen molar-refractivity contribution >= 4 is 30.3 Å². The van der Waals surface area contributed by atoms with Gasteiger partial charge in [-0.05, 0) is 69.3 Å². The van der Waals surface area contributed by atoms with Crippen molar-refractivity contribution < 1.29 is 19.1 Å². The zero-order chi connectivity index (χ0) is 26.4. The molecule has 0 aliphatic heterocycles. The fourth-order valence-electron chi connectivity index (χ4n) is 5.40. The Bertz CT molecular complexity index is 1690. The quantitative estimate of drug-likeness (QED) is 0.180. The van der Waals surface area contributed by atoms with E-state index in [0.29, 0.717) is 27.3 Å². The molecule has 0 heterocycles. The topological polar surface area (TPSA) is 74.6 Å². The lowest BCUT2D eigenvalue weighted by molar-refractivity contribution is 0.103. The van der Waals surface area contributed by atoms with Crippen LogP contribution in [0.25, 0.3) is 22.3 Å². The Labute approximate surface area is 225 Å². The summed E-state index contributed by atoms with van der Waals surface area (Å²) in [5, 5.41) is 0.567. The summed E-state index contributed by atoms with van der Waals surface area (Å²) in [6, 6.07) is 35.0. The van der Waals surface area contributed by atoms with Gasteiger partial charge in [-0.2, -0.15) is 0 Å². The Kier molecular flexibility index (Phi) is 6.14. The molecule has 6 heteroatoms. The first-order valence-electron chi connectivity index (χ1n) is 12.1. The van der Waals surface area contributed by atoms with Crippen LogP contribution in [-0.2, 0) is 4.57 Å². The molecule has 1 aliphatic carbocycles. The molecular weight excluding hydrogens is 515 g/mol. The van der Waals surface area contributed by atoms with Gasteiger partial charge in [-0.25, -0.2) is 0 Å². The van der Waals surface area contributed by atoms with Crippen LogP contribution in [0.4, 0.5) is 0 Å². The highest BCUT2D eigenvalue weighted by Gasteiger charge is 2.36. The molecule has 0 saturated carbocycles. The van der Waals surface area contributed by atoms with Crippen LogP contribution in [0, 0.1) is 0 Å². The standard InChI is InChI=1S/C32H22ClO4P/c33-23-18-16-22(17-19-23)32(34)21-14-12-20(13-15-21)24-10-5-11-29(38(35,36)37)31(24)30-27-8-3-1-6-25(27)26-7-2-4-9-28(26)30/h1-19,30H,(H2,35,36,37). The zero-order valence-electron chi connectivity index (χ0n) is 20.1. The van der Waals surface area contributed by atoms with Crippen LogP contribution in [0.2, 0.25) is 5.02 Å². The summed E-state index contributed by atoms with van der Waals surface area (Å²) in [4.78, 5) is 33.8. The number of fused-ring (bicyclic) bond motifs is 3. The van der Waals surface area contributed by atoms with Crippen LogP contribution in [0.3, 0.4) is 0 Å². The molecule has 186 valence electrons. The van der Waals surface area contributed by atoms with Gasteiger partial charge in [0.2, 0.25) is 0 Å². The number of halogens is 1. The minimum absolute atomic E-state index is 0.00724. The molecular formula is C32H22ClO4P. The smallest absolute Gasteiger partial charge is 0.321 e. The van der Waals surface area contributed by atoms with Crippen molar-refractivity contribution in [1.82, 2.24) is 0 Å². The highest BCUT2D eigenvalue weighted by molar-refractivity contribution is 7.60. The lowest BCUT2D eigenvalue weighted by Crippen LogP contribution is -2.17. The maximum atomic E-state index is 13.0. The largest absolute Gasteiger partial charge is 0.356 e. The first-order chi connectivity index (χ1) is 18.3. The number of carbonyl (C=O) groups excluding carboxylic acids is 1. The molecule has 0 unspecified atom stereocenters. The molecule has 0 bridgehead atoms. The van der Waals surface area contributed by atoms with Crippen LogP contribution in [0.15, 0.2) is 115 Å². The maximum absolute atomic E-state index is 13.0. The monoisotopic (exact) mass is 536 g/mol. The predicted molar refractivity (Wildman–Crippen MR) is 151 cm³/mol. The highest BCUT2D eigenvalue weighted by Crippen LogP contribution is 2.51. The molecule has 4 nitrogen and oxygen atoms in total. The summed E-state index contributed by atoms with van der Waals surface area (Å²) in [5.74, 6) is -0.479. The normalized spacial score (nSPS) is 12.7. The summed E-state index contributed by atoms with van der Waals surface area (Å²) in [6.07, 6.45) is 0. The van der Waals surface area contributed by atoms with Crippen molar-refractivity contribution in [2.24, 2.45) is 0 Å². The van der Waals surface area contributed by atoms with Crippen molar-refractivity contribution in [2.45, 2.75) is 5.92 Å². The molecule has 0 radical (unpaired) electrons. The van der Waals surface area contributed by atoms with E-state index in [4.69, 9.17) is 11.6 Å². The predicted octanol–water partition coefficient (Wildman–Crippen LogP) is 7.20. The minimum Gasteiger partial charge on any atom is -0.321 e. The van der Waals surface area contributed by atoms with Crippen LogP contribution < -0.4 is 5.30 Å². The van der Waals surface area contributed by atoms with E-state index in [0.717, 1.165) is 27.8 Å².